The summed E-state index contributed by atoms with van der Waals surface area (Å²) in [6, 6.07) is 6.93. The molecule has 0 spiro atoms. The lowest BCUT2D eigenvalue weighted by Gasteiger charge is -2.32. The van der Waals surface area contributed by atoms with Crippen LogP contribution in [0.4, 0.5) is 5.69 Å². The van der Waals surface area contributed by atoms with Crippen molar-refractivity contribution in [2.75, 3.05) is 39.4 Å². The second-order valence-electron chi connectivity index (χ2n) is 6.75. The highest BCUT2D eigenvalue weighted by molar-refractivity contribution is 14.0. The predicted octanol–water partition coefficient (Wildman–Crippen LogP) is 2.77. The Bertz CT molecular complexity index is 606. The Kier molecular flexibility index (Phi) is 12.0. The molecule has 1 aliphatic heterocycles. The molecule has 0 radical (unpaired) electrons. The van der Waals surface area contributed by atoms with Crippen LogP contribution in [0.1, 0.15) is 32.3 Å². The molecule has 158 valence electrons. The monoisotopic (exact) mass is 505 g/mol. The number of benzene rings is 1. The van der Waals surface area contributed by atoms with Crippen LogP contribution in [0, 0.1) is 10.1 Å². The first kappa shape index (κ1) is 24.6. The molecule has 8 nitrogen and oxygen atoms in total. The lowest BCUT2D eigenvalue weighted by atomic mass is 10.2. The van der Waals surface area contributed by atoms with E-state index < -0.39 is 0 Å². The fourth-order valence-corrected chi connectivity index (χ4v) is 2.84. The summed E-state index contributed by atoms with van der Waals surface area (Å²) in [6.45, 7) is 10.0. The standard InChI is InChI=1S/C19H31N5O3.HI/c1-3-4-9-20-19(21-14-16(2)23-10-12-27-13-11-23)22-15-17-5-7-18(8-6-17)24(25)26;/h5-8,16H,3-4,9-15H2,1-2H3,(H2,20,21,22);1H. The van der Waals surface area contributed by atoms with Crippen LogP contribution in [0.5, 0.6) is 0 Å². The molecule has 2 rings (SSSR count). The van der Waals surface area contributed by atoms with Crippen LogP contribution in [0.25, 0.3) is 0 Å². The molecule has 2 N–H and O–H groups in total. The van der Waals surface area contributed by atoms with E-state index in [2.05, 4.69) is 34.4 Å². The summed E-state index contributed by atoms with van der Waals surface area (Å²) in [7, 11) is 0. The predicted molar refractivity (Wildman–Crippen MR) is 122 cm³/mol. The van der Waals surface area contributed by atoms with E-state index in [9.17, 15) is 10.1 Å². The zero-order chi connectivity index (χ0) is 19.5. The van der Waals surface area contributed by atoms with Gasteiger partial charge in [-0.15, -0.1) is 24.0 Å². The number of non-ortho nitro benzene ring substituents is 1. The number of rotatable bonds is 9. The first-order chi connectivity index (χ1) is 13.1. The number of guanidine groups is 1. The lowest BCUT2D eigenvalue weighted by molar-refractivity contribution is -0.384. The Morgan fingerprint density at radius 2 is 1.96 bits per heavy atom. The van der Waals surface area contributed by atoms with Gasteiger partial charge in [-0.2, -0.15) is 0 Å². The van der Waals surface area contributed by atoms with Crippen LogP contribution >= 0.6 is 24.0 Å². The molecule has 1 aliphatic rings. The Hall–Kier alpha value is -1.46. The minimum absolute atomic E-state index is 0. The number of hydrogen-bond acceptors (Lipinski definition) is 5. The minimum atomic E-state index is -0.390. The summed E-state index contributed by atoms with van der Waals surface area (Å²) in [5, 5.41) is 17.5. The third-order valence-electron chi connectivity index (χ3n) is 4.62. The quantitative estimate of drug-likeness (QED) is 0.134. The van der Waals surface area contributed by atoms with E-state index in [-0.39, 0.29) is 34.6 Å². The molecule has 1 atom stereocenters. The molecule has 0 amide bonds. The molecule has 1 aromatic carbocycles. The van der Waals surface area contributed by atoms with Gasteiger partial charge in [0.15, 0.2) is 5.96 Å². The SMILES string of the molecule is CCCCNC(=NCc1ccc([N+](=O)[O-])cc1)NCC(C)N1CCOCC1.I. The van der Waals surface area contributed by atoms with Gasteiger partial charge in [-0.3, -0.25) is 15.0 Å². The molecule has 0 aromatic heterocycles. The highest BCUT2D eigenvalue weighted by Crippen LogP contribution is 2.12. The molecule has 1 saturated heterocycles. The number of nitro benzene ring substituents is 1. The van der Waals surface area contributed by atoms with E-state index >= 15 is 0 Å². The maximum absolute atomic E-state index is 10.8. The molecule has 0 bridgehead atoms. The second kappa shape index (κ2) is 13.7. The van der Waals surface area contributed by atoms with Gasteiger partial charge in [0.25, 0.3) is 5.69 Å². The molecular formula is C19H32IN5O3. The summed E-state index contributed by atoms with van der Waals surface area (Å²) in [6.07, 6.45) is 2.20. The van der Waals surface area contributed by atoms with Crippen molar-refractivity contribution in [2.24, 2.45) is 4.99 Å². The molecule has 9 heteroatoms. The van der Waals surface area contributed by atoms with Crippen LogP contribution in [-0.4, -0.2) is 61.2 Å². The average Bonchev–Trinajstić information content (AvgIpc) is 2.70. The zero-order valence-electron chi connectivity index (χ0n) is 16.7. The third-order valence-corrected chi connectivity index (χ3v) is 4.62. The van der Waals surface area contributed by atoms with Gasteiger partial charge < -0.3 is 15.4 Å². The van der Waals surface area contributed by atoms with Crippen LogP contribution in [-0.2, 0) is 11.3 Å². The van der Waals surface area contributed by atoms with Crippen LogP contribution < -0.4 is 10.6 Å². The van der Waals surface area contributed by atoms with Crippen molar-refractivity contribution >= 4 is 35.6 Å². The molecule has 0 aliphatic carbocycles. The van der Waals surface area contributed by atoms with Gasteiger partial charge in [-0.05, 0) is 18.9 Å². The number of hydrogen-bond donors (Lipinski definition) is 2. The summed E-state index contributed by atoms with van der Waals surface area (Å²) >= 11 is 0. The number of halogens is 1. The molecule has 28 heavy (non-hydrogen) atoms. The van der Waals surface area contributed by atoms with Crippen molar-refractivity contribution in [1.29, 1.82) is 0 Å². The topological polar surface area (TPSA) is 92.0 Å². The van der Waals surface area contributed by atoms with Crippen molar-refractivity contribution < 1.29 is 9.66 Å². The average molecular weight is 505 g/mol. The van der Waals surface area contributed by atoms with E-state index in [0.717, 1.165) is 63.8 Å². The van der Waals surface area contributed by atoms with Crippen molar-refractivity contribution in [3.63, 3.8) is 0 Å². The number of nitrogens with one attached hydrogen (secondary N) is 2. The highest BCUT2D eigenvalue weighted by Gasteiger charge is 2.17. The fourth-order valence-electron chi connectivity index (χ4n) is 2.84. The molecule has 1 heterocycles. The number of nitro groups is 1. The van der Waals surface area contributed by atoms with Crippen molar-refractivity contribution in [2.45, 2.75) is 39.3 Å². The Labute approximate surface area is 184 Å². The van der Waals surface area contributed by atoms with E-state index in [4.69, 9.17) is 4.74 Å². The first-order valence-corrected chi connectivity index (χ1v) is 9.67. The number of ether oxygens (including phenoxy) is 1. The normalized spacial score (nSPS) is 16.1. The molecule has 1 fully saturated rings. The third kappa shape index (κ3) is 8.70. The summed E-state index contributed by atoms with van der Waals surface area (Å²) in [5.74, 6) is 0.780. The molecular weight excluding hydrogens is 473 g/mol. The second-order valence-corrected chi connectivity index (χ2v) is 6.75. The molecule has 0 saturated carbocycles. The van der Waals surface area contributed by atoms with E-state index in [1.807, 2.05) is 0 Å². The maximum atomic E-state index is 10.8. The van der Waals surface area contributed by atoms with Gasteiger partial charge in [0, 0.05) is 44.4 Å². The van der Waals surface area contributed by atoms with Crippen molar-refractivity contribution in [3.8, 4) is 0 Å². The lowest BCUT2D eigenvalue weighted by Crippen LogP contribution is -2.49. The number of aliphatic imine (C=N–C) groups is 1. The Morgan fingerprint density at radius 1 is 1.29 bits per heavy atom. The van der Waals surface area contributed by atoms with Gasteiger partial charge in [0.2, 0.25) is 0 Å². The Balaban J connectivity index is 0.00000392. The van der Waals surface area contributed by atoms with Crippen LogP contribution in [0.15, 0.2) is 29.3 Å². The summed E-state index contributed by atoms with van der Waals surface area (Å²) in [4.78, 5) is 17.4. The van der Waals surface area contributed by atoms with Gasteiger partial charge in [-0.1, -0.05) is 25.5 Å². The van der Waals surface area contributed by atoms with Gasteiger partial charge in [0.1, 0.15) is 0 Å². The fraction of sp³-hybridized carbons (Fsp3) is 0.632. The van der Waals surface area contributed by atoms with Crippen molar-refractivity contribution in [3.05, 3.63) is 39.9 Å². The summed E-state index contributed by atoms with van der Waals surface area (Å²) in [5.41, 5.74) is 1.04. The summed E-state index contributed by atoms with van der Waals surface area (Å²) < 4.78 is 5.41. The van der Waals surface area contributed by atoms with Gasteiger partial charge in [-0.25, -0.2) is 4.99 Å². The minimum Gasteiger partial charge on any atom is -0.379 e. The van der Waals surface area contributed by atoms with E-state index in [1.165, 1.54) is 12.1 Å². The zero-order valence-corrected chi connectivity index (χ0v) is 19.1. The van der Waals surface area contributed by atoms with Gasteiger partial charge in [0.05, 0.1) is 24.7 Å². The van der Waals surface area contributed by atoms with Crippen LogP contribution in [0.2, 0.25) is 0 Å². The number of nitrogens with zero attached hydrogens (tertiary/aromatic N) is 3. The largest absolute Gasteiger partial charge is 0.379 e. The Morgan fingerprint density at radius 3 is 2.57 bits per heavy atom. The van der Waals surface area contributed by atoms with E-state index in [0.29, 0.717) is 12.6 Å². The molecule has 1 aromatic rings. The van der Waals surface area contributed by atoms with Gasteiger partial charge >= 0.3 is 0 Å². The van der Waals surface area contributed by atoms with E-state index in [1.54, 1.807) is 12.1 Å². The number of morpholine rings is 1. The maximum Gasteiger partial charge on any atom is 0.269 e. The van der Waals surface area contributed by atoms with Crippen molar-refractivity contribution in [1.82, 2.24) is 15.5 Å². The first-order valence-electron chi connectivity index (χ1n) is 9.67. The highest BCUT2D eigenvalue weighted by atomic mass is 127. The smallest absolute Gasteiger partial charge is 0.269 e. The number of unbranched alkanes of at least 4 members (excludes halogenated alkanes) is 1. The van der Waals surface area contributed by atoms with Crippen LogP contribution in [0.3, 0.4) is 0 Å². The molecule has 1 unspecified atom stereocenters.